The van der Waals surface area contributed by atoms with Gasteiger partial charge in [-0.1, -0.05) is 13.8 Å². The van der Waals surface area contributed by atoms with Gasteiger partial charge in [-0.25, -0.2) is 0 Å². The Kier molecular flexibility index (Phi) is 3.63. The Labute approximate surface area is 100 Å². The lowest BCUT2D eigenvalue weighted by molar-refractivity contribution is 0.435. The zero-order chi connectivity index (χ0) is 12.3. The molecular formula is C11H18N6. The van der Waals surface area contributed by atoms with Crippen molar-refractivity contribution in [3.05, 3.63) is 18.1 Å². The number of hydrogen-bond donors (Lipinski definition) is 1. The molecule has 6 heteroatoms. The van der Waals surface area contributed by atoms with Crippen molar-refractivity contribution in [2.24, 2.45) is 5.92 Å². The first-order valence-electron chi connectivity index (χ1n) is 5.89. The first-order valence-corrected chi connectivity index (χ1v) is 5.89. The summed E-state index contributed by atoms with van der Waals surface area (Å²) in [6.45, 7) is 4.44. The summed E-state index contributed by atoms with van der Waals surface area (Å²) in [6, 6.07) is 0.423. The van der Waals surface area contributed by atoms with Crippen LogP contribution in [0.15, 0.2) is 12.4 Å². The number of likely N-dealkylation sites (N-methyl/N-ethyl adjacent to an activating group) is 1. The molecule has 0 aliphatic carbocycles. The minimum Gasteiger partial charge on any atom is -0.317 e. The van der Waals surface area contributed by atoms with E-state index in [1.54, 1.807) is 10.7 Å². The van der Waals surface area contributed by atoms with Gasteiger partial charge in [0.05, 0.1) is 11.9 Å². The van der Waals surface area contributed by atoms with Crippen molar-refractivity contribution >= 4 is 5.65 Å². The zero-order valence-corrected chi connectivity index (χ0v) is 10.5. The molecule has 1 unspecified atom stereocenters. The van der Waals surface area contributed by atoms with Gasteiger partial charge in [0, 0.05) is 18.7 Å². The first kappa shape index (κ1) is 11.9. The minimum atomic E-state index is 0.423. The number of aromatic nitrogens is 5. The molecule has 0 spiro atoms. The van der Waals surface area contributed by atoms with Gasteiger partial charge >= 0.3 is 0 Å². The van der Waals surface area contributed by atoms with Gasteiger partial charge in [-0.15, -0.1) is 5.10 Å². The van der Waals surface area contributed by atoms with Gasteiger partial charge in [-0.05, 0) is 29.8 Å². The average Bonchev–Trinajstić information content (AvgIpc) is 2.76. The van der Waals surface area contributed by atoms with E-state index in [1.165, 1.54) is 0 Å². The summed E-state index contributed by atoms with van der Waals surface area (Å²) < 4.78 is 1.75. The van der Waals surface area contributed by atoms with Gasteiger partial charge in [-0.2, -0.15) is 4.52 Å². The summed E-state index contributed by atoms with van der Waals surface area (Å²) in [6.07, 6.45) is 5.49. The predicted octanol–water partition coefficient (Wildman–Crippen LogP) is 0.696. The topological polar surface area (TPSA) is 68.0 Å². The highest BCUT2D eigenvalue weighted by Gasteiger charge is 2.12. The van der Waals surface area contributed by atoms with Crippen molar-refractivity contribution in [2.45, 2.75) is 32.7 Å². The van der Waals surface area contributed by atoms with E-state index in [2.05, 4.69) is 39.7 Å². The van der Waals surface area contributed by atoms with Crippen LogP contribution in [-0.2, 0) is 6.42 Å². The third-order valence-electron chi connectivity index (χ3n) is 2.80. The Morgan fingerprint density at radius 1 is 1.35 bits per heavy atom. The molecule has 0 aliphatic rings. The Hall–Kier alpha value is -1.56. The highest BCUT2D eigenvalue weighted by atomic mass is 15.5. The molecule has 0 aliphatic heterocycles. The second-order valence-electron chi connectivity index (χ2n) is 4.67. The second-order valence-corrected chi connectivity index (χ2v) is 4.67. The van der Waals surface area contributed by atoms with E-state index in [0.717, 1.165) is 18.5 Å². The number of fused-ring (bicyclic) bond motifs is 1. The van der Waals surface area contributed by atoms with E-state index in [-0.39, 0.29) is 0 Å². The Bertz CT molecular complexity index is 478. The van der Waals surface area contributed by atoms with Crippen LogP contribution in [0.2, 0.25) is 0 Å². The van der Waals surface area contributed by atoms with Crippen LogP contribution in [0.25, 0.3) is 5.65 Å². The Morgan fingerprint density at radius 3 is 2.88 bits per heavy atom. The fraction of sp³-hybridized carbons (Fsp3) is 0.636. The van der Waals surface area contributed by atoms with Crippen molar-refractivity contribution in [3.8, 4) is 0 Å². The van der Waals surface area contributed by atoms with Gasteiger partial charge in [0.15, 0.2) is 5.65 Å². The number of nitrogens with zero attached hydrogens (tertiary/aromatic N) is 5. The zero-order valence-electron chi connectivity index (χ0n) is 10.5. The molecule has 0 fully saturated rings. The van der Waals surface area contributed by atoms with Crippen LogP contribution in [0.1, 0.15) is 26.0 Å². The summed E-state index contributed by atoms with van der Waals surface area (Å²) in [5.41, 5.74) is 1.73. The maximum Gasteiger partial charge on any atom is 0.197 e. The summed E-state index contributed by atoms with van der Waals surface area (Å²) in [5.74, 6) is 0.661. The van der Waals surface area contributed by atoms with Crippen LogP contribution in [0.3, 0.4) is 0 Å². The molecule has 2 rings (SSSR count). The molecule has 92 valence electrons. The van der Waals surface area contributed by atoms with Crippen LogP contribution in [0.4, 0.5) is 0 Å². The molecule has 2 aromatic heterocycles. The molecule has 2 heterocycles. The van der Waals surface area contributed by atoms with Crippen LogP contribution in [-0.4, -0.2) is 38.1 Å². The lowest BCUT2D eigenvalue weighted by atomic mass is 10.00. The third kappa shape index (κ3) is 2.76. The SMILES string of the molecule is CNC(Cc1cncc2nnnn12)CC(C)C. The Morgan fingerprint density at radius 2 is 2.18 bits per heavy atom. The number of rotatable bonds is 5. The first-order chi connectivity index (χ1) is 8.20. The number of hydrogen-bond acceptors (Lipinski definition) is 5. The van der Waals surface area contributed by atoms with Crippen LogP contribution < -0.4 is 5.32 Å². The summed E-state index contributed by atoms with van der Waals surface area (Å²) in [7, 11) is 1.99. The molecule has 0 amide bonds. The lowest BCUT2D eigenvalue weighted by Crippen LogP contribution is -2.30. The minimum absolute atomic E-state index is 0.423. The van der Waals surface area contributed by atoms with Gasteiger partial charge in [0.1, 0.15) is 0 Å². The van der Waals surface area contributed by atoms with Crippen molar-refractivity contribution in [1.82, 2.24) is 30.3 Å². The largest absolute Gasteiger partial charge is 0.317 e. The fourth-order valence-corrected chi connectivity index (χ4v) is 1.99. The molecule has 0 bridgehead atoms. The van der Waals surface area contributed by atoms with E-state index in [1.807, 2.05) is 13.2 Å². The maximum atomic E-state index is 4.16. The third-order valence-corrected chi connectivity index (χ3v) is 2.80. The average molecular weight is 234 g/mol. The van der Waals surface area contributed by atoms with E-state index in [9.17, 15) is 0 Å². The second kappa shape index (κ2) is 5.18. The fourth-order valence-electron chi connectivity index (χ4n) is 1.99. The summed E-state index contributed by atoms with van der Waals surface area (Å²) in [5, 5.41) is 14.9. The number of nitrogens with one attached hydrogen (secondary N) is 1. The molecular weight excluding hydrogens is 216 g/mol. The van der Waals surface area contributed by atoms with Crippen molar-refractivity contribution in [2.75, 3.05) is 7.05 Å². The molecule has 0 aromatic carbocycles. The molecule has 17 heavy (non-hydrogen) atoms. The van der Waals surface area contributed by atoms with Gasteiger partial charge in [-0.3, -0.25) is 4.98 Å². The maximum absolute atomic E-state index is 4.16. The molecule has 6 nitrogen and oxygen atoms in total. The van der Waals surface area contributed by atoms with Crippen LogP contribution in [0.5, 0.6) is 0 Å². The molecule has 0 saturated heterocycles. The Balaban J connectivity index is 2.19. The van der Waals surface area contributed by atoms with E-state index in [0.29, 0.717) is 17.6 Å². The van der Waals surface area contributed by atoms with E-state index < -0.39 is 0 Å². The molecule has 0 radical (unpaired) electrons. The number of tetrazole rings is 1. The highest BCUT2D eigenvalue weighted by molar-refractivity contribution is 5.32. The van der Waals surface area contributed by atoms with Crippen molar-refractivity contribution in [3.63, 3.8) is 0 Å². The quantitative estimate of drug-likeness (QED) is 0.824. The van der Waals surface area contributed by atoms with Gasteiger partial charge in [0.2, 0.25) is 0 Å². The van der Waals surface area contributed by atoms with E-state index >= 15 is 0 Å². The van der Waals surface area contributed by atoms with Crippen LogP contribution >= 0.6 is 0 Å². The highest BCUT2D eigenvalue weighted by Crippen LogP contribution is 2.10. The van der Waals surface area contributed by atoms with Crippen LogP contribution in [0, 0.1) is 5.92 Å². The molecule has 0 saturated carbocycles. The van der Waals surface area contributed by atoms with Gasteiger partial charge < -0.3 is 5.32 Å². The van der Waals surface area contributed by atoms with Crippen molar-refractivity contribution in [1.29, 1.82) is 0 Å². The van der Waals surface area contributed by atoms with Gasteiger partial charge in [0.25, 0.3) is 0 Å². The standard InChI is InChI=1S/C11H18N6/c1-8(2)4-9(12-3)5-10-6-13-7-11-14-15-16-17(10)11/h6-9,12H,4-5H2,1-3H3. The molecule has 1 N–H and O–H groups in total. The molecule has 2 aromatic rings. The monoisotopic (exact) mass is 234 g/mol. The lowest BCUT2D eigenvalue weighted by Gasteiger charge is -2.18. The van der Waals surface area contributed by atoms with Crippen molar-refractivity contribution < 1.29 is 0 Å². The normalized spacial score (nSPS) is 13.4. The summed E-state index contributed by atoms with van der Waals surface area (Å²) >= 11 is 0. The molecule has 1 atom stereocenters. The smallest absolute Gasteiger partial charge is 0.197 e. The van der Waals surface area contributed by atoms with E-state index in [4.69, 9.17) is 0 Å². The summed E-state index contributed by atoms with van der Waals surface area (Å²) in [4.78, 5) is 4.16. The predicted molar refractivity (Wildman–Crippen MR) is 64.6 cm³/mol.